The zero-order valence-corrected chi connectivity index (χ0v) is 18.7. The number of hydrazone groups is 1. The standard InChI is InChI=1S/C24H18BrN5O2/c1-16(17-9-13-21(14-10-17)30(31)32)28-29-23-15-22(18-5-3-2-4-6-18)26-24(27-23)19-7-11-20(25)12-8-19/h2-15H,1H3,(H,26,27,29)/b28-16-. The van der Waals surface area contributed by atoms with Gasteiger partial charge < -0.3 is 0 Å². The molecule has 0 bridgehead atoms. The molecule has 0 aliphatic carbocycles. The lowest BCUT2D eigenvalue weighted by Gasteiger charge is -2.09. The summed E-state index contributed by atoms with van der Waals surface area (Å²) in [4.78, 5) is 19.8. The second kappa shape index (κ2) is 9.49. The highest BCUT2D eigenvalue weighted by Crippen LogP contribution is 2.25. The van der Waals surface area contributed by atoms with E-state index >= 15 is 0 Å². The van der Waals surface area contributed by atoms with Gasteiger partial charge in [-0.25, -0.2) is 9.97 Å². The van der Waals surface area contributed by atoms with E-state index in [9.17, 15) is 10.1 Å². The Morgan fingerprint density at radius 2 is 1.62 bits per heavy atom. The topological polar surface area (TPSA) is 93.3 Å². The molecule has 0 saturated heterocycles. The van der Waals surface area contributed by atoms with Crippen molar-refractivity contribution >= 4 is 33.1 Å². The maximum Gasteiger partial charge on any atom is 0.269 e. The highest BCUT2D eigenvalue weighted by atomic mass is 79.9. The number of nitrogens with zero attached hydrogens (tertiary/aromatic N) is 4. The van der Waals surface area contributed by atoms with Gasteiger partial charge in [0.2, 0.25) is 0 Å². The number of rotatable bonds is 6. The van der Waals surface area contributed by atoms with E-state index in [4.69, 9.17) is 4.98 Å². The molecule has 0 unspecified atom stereocenters. The second-order valence-corrected chi connectivity index (χ2v) is 7.86. The first-order valence-corrected chi connectivity index (χ1v) is 10.5. The summed E-state index contributed by atoms with van der Waals surface area (Å²) in [7, 11) is 0. The molecule has 32 heavy (non-hydrogen) atoms. The van der Waals surface area contributed by atoms with Gasteiger partial charge in [0.1, 0.15) is 0 Å². The highest BCUT2D eigenvalue weighted by molar-refractivity contribution is 9.10. The fourth-order valence-electron chi connectivity index (χ4n) is 3.02. The second-order valence-electron chi connectivity index (χ2n) is 6.95. The van der Waals surface area contributed by atoms with E-state index in [-0.39, 0.29) is 5.69 Å². The molecule has 0 amide bonds. The molecular weight excluding hydrogens is 470 g/mol. The van der Waals surface area contributed by atoms with E-state index < -0.39 is 4.92 Å². The van der Waals surface area contributed by atoms with Crippen molar-refractivity contribution in [3.63, 3.8) is 0 Å². The van der Waals surface area contributed by atoms with Crippen LogP contribution in [0.2, 0.25) is 0 Å². The van der Waals surface area contributed by atoms with E-state index in [0.717, 1.165) is 26.9 Å². The van der Waals surface area contributed by atoms with Gasteiger partial charge in [-0.2, -0.15) is 5.10 Å². The van der Waals surface area contributed by atoms with Crippen LogP contribution in [-0.2, 0) is 0 Å². The van der Waals surface area contributed by atoms with Gasteiger partial charge in [0, 0.05) is 33.8 Å². The molecule has 3 aromatic carbocycles. The van der Waals surface area contributed by atoms with E-state index in [1.54, 1.807) is 12.1 Å². The van der Waals surface area contributed by atoms with Crippen molar-refractivity contribution in [2.75, 3.05) is 5.43 Å². The van der Waals surface area contributed by atoms with Crippen molar-refractivity contribution in [1.82, 2.24) is 9.97 Å². The number of non-ortho nitro benzene ring substituents is 1. The van der Waals surface area contributed by atoms with E-state index in [1.165, 1.54) is 12.1 Å². The van der Waals surface area contributed by atoms with Gasteiger partial charge in [0.05, 0.1) is 16.3 Å². The molecule has 8 heteroatoms. The van der Waals surface area contributed by atoms with Gasteiger partial charge in [0.25, 0.3) is 5.69 Å². The first-order chi connectivity index (χ1) is 15.5. The van der Waals surface area contributed by atoms with Crippen LogP contribution >= 0.6 is 15.9 Å². The number of nitrogens with one attached hydrogen (secondary N) is 1. The number of nitro groups is 1. The third-order valence-electron chi connectivity index (χ3n) is 4.73. The summed E-state index contributed by atoms with van der Waals surface area (Å²) >= 11 is 3.45. The Bertz CT molecular complexity index is 1270. The highest BCUT2D eigenvalue weighted by Gasteiger charge is 2.10. The fourth-order valence-corrected chi connectivity index (χ4v) is 3.28. The van der Waals surface area contributed by atoms with Crippen molar-refractivity contribution in [2.24, 2.45) is 5.10 Å². The van der Waals surface area contributed by atoms with Crippen LogP contribution < -0.4 is 5.43 Å². The number of hydrogen-bond donors (Lipinski definition) is 1. The Morgan fingerprint density at radius 3 is 2.28 bits per heavy atom. The molecule has 158 valence electrons. The number of anilines is 1. The van der Waals surface area contributed by atoms with Gasteiger partial charge in [-0.05, 0) is 36.8 Å². The summed E-state index contributed by atoms with van der Waals surface area (Å²) in [5.41, 5.74) is 7.10. The third-order valence-corrected chi connectivity index (χ3v) is 5.26. The number of aromatic nitrogens is 2. The molecule has 1 N–H and O–H groups in total. The van der Waals surface area contributed by atoms with Crippen molar-refractivity contribution in [1.29, 1.82) is 0 Å². The molecule has 4 aromatic rings. The minimum atomic E-state index is -0.426. The van der Waals surface area contributed by atoms with Crippen LogP contribution in [0.15, 0.2) is 94.5 Å². The van der Waals surface area contributed by atoms with Crippen LogP contribution in [0.5, 0.6) is 0 Å². The first-order valence-electron chi connectivity index (χ1n) is 9.75. The quantitative estimate of drug-likeness (QED) is 0.195. The first kappa shape index (κ1) is 21.3. The molecule has 0 aliphatic rings. The smallest absolute Gasteiger partial charge is 0.261 e. The number of halogens is 1. The zero-order valence-electron chi connectivity index (χ0n) is 17.1. The van der Waals surface area contributed by atoms with Crippen molar-refractivity contribution < 1.29 is 4.92 Å². The molecule has 0 aliphatic heterocycles. The Labute approximate surface area is 193 Å². The minimum absolute atomic E-state index is 0.0388. The average Bonchev–Trinajstić information content (AvgIpc) is 2.83. The Balaban J connectivity index is 1.67. The van der Waals surface area contributed by atoms with Crippen molar-refractivity contribution in [3.05, 3.63) is 105 Å². The number of nitro benzene ring substituents is 1. The van der Waals surface area contributed by atoms with Crippen molar-refractivity contribution in [2.45, 2.75) is 6.92 Å². The largest absolute Gasteiger partial charge is 0.269 e. The summed E-state index contributed by atoms with van der Waals surface area (Å²) in [6, 6.07) is 25.7. The van der Waals surface area contributed by atoms with Crippen LogP contribution in [-0.4, -0.2) is 20.6 Å². The molecule has 0 atom stereocenters. The summed E-state index contributed by atoms with van der Waals surface area (Å²) in [5, 5.41) is 15.3. The maximum absolute atomic E-state index is 10.9. The summed E-state index contributed by atoms with van der Waals surface area (Å²) in [6.07, 6.45) is 0. The van der Waals surface area contributed by atoms with Crippen molar-refractivity contribution in [3.8, 4) is 22.6 Å². The zero-order chi connectivity index (χ0) is 22.5. The molecule has 0 fully saturated rings. The lowest BCUT2D eigenvalue weighted by atomic mass is 10.1. The van der Waals surface area contributed by atoms with Gasteiger partial charge in [-0.1, -0.05) is 58.4 Å². The molecule has 0 spiro atoms. The van der Waals surface area contributed by atoms with Gasteiger partial charge in [0.15, 0.2) is 11.6 Å². The van der Waals surface area contributed by atoms with Gasteiger partial charge in [-0.3, -0.25) is 15.5 Å². The minimum Gasteiger partial charge on any atom is -0.261 e. The molecule has 0 saturated carbocycles. The van der Waals surface area contributed by atoms with E-state index in [2.05, 4.69) is 31.4 Å². The van der Waals surface area contributed by atoms with E-state index in [1.807, 2.05) is 67.6 Å². The molecule has 1 aromatic heterocycles. The van der Waals surface area contributed by atoms with E-state index in [0.29, 0.717) is 17.4 Å². The van der Waals surface area contributed by atoms with Gasteiger partial charge >= 0.3 is 0 Å². The van der Waals surface area contributed by atoms with Crippen LogP contribution in [0.1, 0.15) is 12.5 Å². The fraction of sp³-hybridized carbons (Fsp3) is 0.0417. The lowest BCUT2D eigenvalue weighted by molar-refractivity contribution is -0.384. The molecule has 4 rings (SSSR count). The lowest BCUT2D eigenvalue weighted by Crippen LogP contribution is -2.03. The molecule has 7 nitrogen and oxygen atoms in total. The maximum atomic E-state index is 10.9. The van der Waals surface area contributed by atoms with Crippen LogP contribution in [0.4, 0.5) is 11.5 Å². The third kappa shape index (κ3) is 5.04. The van der Waals surface area contributed by atoms with Crippen LogP contribution in [0.3, 0.4) is 0 Å². The number of benzene rings is 3. The Kier molecular flexibility index (Phi) is 6.32. The monoisotopic (exact) mass is 487 g/mol. The average molecular weight is 488 g/mol. The Morgan fingerprint density at radius 1 is 0.938 bits per heavy atom. The van der Waals surface area contributed by atoms with Gasteiger partial charge in [-0.15, -0.1) is 0 Å². The molecular formula is C24H18BrN5O2. The molecule has 0 radical (unpaired) electrons. The SMILES string of the molecule is C/C(=N/Nc1cc(-c2ccccc2)nc(-c2ccc(Br)cc2)n1)c1ccc([N+](=O)[O-])cc1. The molecule has 1 heterocycles. The summed E-state index contributed by atoms with van der Waals surface area (Å²) < 4.78 is 0.974. The summed E-state index contributed by atoms with van der Waals surface area (Å²) in [5.74, 6) is 1.11. The number of hydrogen-bond acceptors (Lipinski definition) is 6. The van der Waals surface area contributed by atoms with Crippen LogP contribution in [0.25, 0.3) is 22.6 Å². The predicted octanol–water partition coefficient (Wildman–Crippen LogP) is 6.32. The summed E-state index contributed by atoms with van der Waals surface area (Å²) in [6.45, 7) is 1.82. The van der Waals surface area contributed by atoms with Crippen LogP contribution in [0, 0.1) is 10.1 Å². The predicted molar refractivity (Wildman–Crippen MR) is 130 cm³/mol. The normalized spacial score (nSPS) is 11.2. The Hall–Kier alpha value is -3.91.